The first kappa shape index (κ1) is 16.0. The summed E-state index contributed by atoms with van der Waals surface area (Å²) in [5, 5.41) is 8.98. The molecule has 1 unspecified atom stereocenters. The lowest BCUT2D eigenvalue weighted by atomic mass is 10.1. The second kappa shape index (κ2) is 7.08. The number of amides is 3. The van der Waals surface area contributed by atoms with E-state index in [1.807, 2.05) is 44.2 Å². The third-order valence-corrected chi connectivity index (χ3v) is 4.26. The molecule has 0 saturated carbocycles. The third-order valence-electron chi connectivity index (χ3n) is 2.85. The Bertz CT molecular complexity index is 656. The predicted octanol–water partition coefficient (Wildman–Crippen LogP) is 1.78. The smallest absolute Gasteiger partial charge is 0.318 e. The van der Waals surface area contributed by atoms with Gasteiger partial charge in [-0.25, -0.2) is 9.78 Å². The number of nitrogens with zero attached hydrogens (tertiary/aromatic N) is 2. The van der Waals surface area contributed by atoms with Crippen molar-refractivity contribution in [2.24, 2.45) is 11.7 Å². The fourth-order valence-corrected chi connectivity index (χ4v) is 2.73. The van der Waals surface area contributed by atoms with Crippen LogP contribution in [0.5, 0.6) is 0 Å². The molecule has 0 aliphatic carbocycles. The summed E-state index contributed by atoms with van der Waals surface area (Å²) in [5.41, 5.74) is 5.89. The molecule has 1 atom stereocenters. The molecule has 4 N–H and O–H groups in total. The number of urea groups is 1. The fraction of sp³-hybridized carbons (Fsp3) is 0.286. The number of benzene rings is 1. The molecule has 0 saturated heterocycles. The number of H-pyrrole nitrogens is 1. The van der Waals surface area contributed by atoms with Crippen LogP contribution in [0.1, 0.15) is 13.8 Å². The molecule has 116 valence electrons. The van der Waals surface area contributed by atoms with Crippen molar-refractivity contribution in [3.8, 4) is 11.4 Å². The maximum absolute atomic E-state index is 12.0. The number of carbonyl (C=O) groups excluding carboxylic acids is 2. The molecule has 0 radical (unpaired) electrons. The number of hydrogen-bond donors (Lipinski definition) is 3. The van der Waals surface area contributed by atoms with Crippen molar-refractivity contribution in [1.82, 2.24) is 20.5 Å². The highest BCUT2D eigenvalue weighted by Crippen LogP contribution is 2.27. The number of nitrogens with two attached hydrogens (primary N) is 1. The lowest BCUT2D eigenvalue weighted by Crippen LogP contribution is -2.42. The molecule has 2 aromatic rings. The van der Waals surface area contributed by atoms with Gasteiger partial charge >= 0.3 is 6.03 Å². The largest absolute Gasteiger partial charge is 0.351 e. The fourth-order valence-electron chi connectivity index (χ4n) is 1.82. The van der Waals surface area contributed by atoms with Crippen LogP contribution in [0.2, 0.25) is 0 Å². The minimum absolute atomic E-state index is 0.0111. The SMILES string of the molecule is CC(C)C(Sc1n[nH]c(-c2ccccc2)n1)C(=O)NC(N)=O. The lowest BCUT2D eigenvalue weighted by Gasteiger charge is -2.16. The van der Waals surface area contributed by atoms with Crippen LogP contribution < -0.4 is 11.1 Å². The summed E-state index contributed by atoms with van der Waals surface area (Å²) in [6.45, 7) is 3.76. The van der Waals surface area contributed by atoms with Crippen molar-refractivity contribution in [3.63, 3.8) is 0 Å². The lowest BCUT2D eigenvalue weighted by molar-refractivity contribution is -0.120. The molecule has 0 aliphatic rings. The van der Waals surface area contributed by atoms with Gasteiger partial charge in [0.25, 0.3) is 0 Å². The first-order valence-corrected chi connectivity index (χ1v) is 7.60. The van der Waals surface area contributed by atoms with Crippen molar-refractivity contribution in [3.05, 3.63) is 30.3 Å². The Morgan fingerprint density at radius 3 is 2.55 bits per heavy atom. The quantitative estimate of drug-likeness (QED) is 0.727. The van der Waals surface area contributed by atoms with Gasteiger partial charge in [-0.1, -0.05) is 55.9 Å². The van der Waals surface area contributed by atoms with Crippen molar-refractivity contribution >= 4 is 23.7 Å². The monoisotopic (exact) mass is 319 g/mol. The second-order valence-corrected chi connectivity index (χ2v) is 6.08. The number of imide groups is 1. The van der Waals surface area contributed by atoms with Crippen LogP contribution in [-0.2, 0) is 4.79 Å². The molecule has 7 nitrogen and oxygen atoms in total. The zero-order chi connectivity index (χ0) is 16.1. The summed E-state index contributed by atoms with van der Waals surface area (Å²) < 4.78 is 0. The molecule has 22 heavy (non-hydrogen) atoms. The van der Waals surface area contributed by atoms with Crippen LogP contribution in [-0.4, -0.2) is 32.4 Å². The number of nitrogens with one attached hydrogen (secondary N) is 2. The highest BCUT2D eigenvalue weighted by atomic mass is 32.2. The summed E-state index contributed by atoms with van der Waals surface area (Å²) in [7, 11) is 0. The summed E-state index contributed by atoms with van der Waals surface area (Å²) in [6, 6.07) is 8.68. The van der Waals surface area contributed by atoms with Gasteiger partial charge in [0.05, 0.1) is 5.25 Å². The highest BCUT2D eigenvalue weighted by Gasteiger charge is 2.26. The molecule has 1 aromatic heterocycles. The van der Waals surface area contributed by atoms with Crippen LogP contribution in [0, 0.1) is 5.92 Å². The highest BCUT2D eigenvalue weighted by molar-refractivity contribution is 8.00. The number of rotatable bonds is 5. The Labute approximate surface area is 132 Å². The van der Waals surface area contributed by atoms with E-state index in [1.165, 1.54) is 11.8 Å². The Balaban J connectivity index is 2.13. The van der Waals surface area contributed by atoms with Crippen LogP contribution in [0.25, 0.3) is 11.4 Å². The van der Waals surface area contributed by atoms with E-state index in [9.17, 15) is 9.59 Å². The average Bonchev–Trinajstić information content (AvgIpc) is 2.93. The van der Waals surface area contributed by atoms with Crippen LogP contribution >= 0.6 is 11.8 Å². The number of aromatic amines is 1. The third kappa shape index (κ3) is 4.08. The standard InChI is InChI=1S/C14H17N5O2S/c1-8(2)10(12(20)17-13(15)21)22-14-16-11(18-19-14)9-6-4-3-5-7-9/h3-8,10H,1-2H3,(H,16,18,19)(H3,15,17,20,21). The zero-order valence-electron chi connectivity index (χ0n) is 12.2. The summed E-state index contributed by atoms with van der Waals surface area (Å²) in [5.74, 6) is 0.169. The maximum Gasteiger partial charge on any atom is 0.318 e. The molecule has 1 heterocycles. The molecule has 0 fully saturated rings. The van der Waals surface area contributed by atoms with E-state index in [2.05, 4.69) is 20.5 Å². The molecule has 8 heteroatoms. The van der Waals surface area contributed by atoms with E-state index in [1.54, 1.807) is 0 Å². The van der Waals surface area contributed by atoms with Gasteiger partial charge in [0.1, 0.15) is 0 Å². The van der Waals surface area contributed by atoms with E-state index in [0.717, 1.165) is 5.56 Å². The van der Waals surface area contributed by atoms with E-state index >= 15 is 0 Å². The summed E-state index contributed by atoms with van der Waals surface area (Å²) in [4.78, 5) is 27.2. The molecule has 0 aliphatic heterocycles. The average molecular weight is 319 g/mol. The number of carbonyl (C=O) groups is 2. The van der Waals surface area contributed by atoms with E-state index < -0.39 is 17.2 Å². The van der Waals surface area contributed by atoms with Crippen LogP contribution in [0.15, 0.2) is 35.5 Å². The second-order valence-electron chi connectivity index (χ2n) is 4.97. The molecule has 0 bridgehead atoms. The van der Waals surface area contributed by atoms with Crippen molar-refractivity contribution < 1.29 is 9.59 Å². The van der Waals surface area contributed by atoms with E-state index in [0.29, 0.717) is 11.0 Å². The van der Waals surface area contributed by atoms with Crippen LogP contribution in [0.3, 0.4) is 0 Å². The zero-order valence-corrected chi connectivity index (χ0v) is 13.1. The summed E-state index contributed by atoms with van der Waals surface area (Å²) in [6.07, 6.45) is 0. The molecule has 3 amide bonds. The Kier molecular flexibility index (Phi) is 5.16. The van der Waals surface area contributed by atoms with Gasteiger partial charge in [-0.3, -0.25) is 15.2 Å². The van der Waals surface area contributed by atoms with Gasteiger partial charge in [0, 0.05) is 5.56 Å². The molecule has 1 aromatic carbocycles. The maximum atomic E-state index is 12.0. The molecular weight excluding hydrogens is 302 g/mol. The molecule has 0 spiro atoms. The van der Waals surface area contributed by atoms with Crippen LogP contribution in [0.4, 0.5) is 4.79 Å². The van der Waals surface area contributed by atoms with Gasteiger partial charge in [-0.15, -0.1) is 5.10 Å². The van der Waals surface area contributed by atoms with Gasteiger partial charge < -0.3 is 5.73 Å². The normalized spacial score (nSPS) is 12.1. The van der Waals surface area contributed by atoms with E-state index in [-0.39, 0.29) is 5.92 Å². The minimum Gasteiger partial charge on any atom is -0.351 e. The predicted molar refractivity (Wildman–Crippen MR) is 84.0 cm³/mol. The topological polar surface area (TPSA) is 114 Å². The first-order chi connectivity index (χ1) is 10.5. The Hall–Kier alpha value is -2.35. The van der Waals surface area contributed by atoms with Gasteiger partial charge in [0.2, 0.25) is 11.1 Å². The van der Waals surface area contributed by atoms with Gasteiger partial charge in [0.15, 0.2) is 5.82 Å². The summed E-state index contributed by atoms with van der Waals surface area (Å²) >= 11 is 1.19. The number of aromatic nitrogens is 3. The molecule has 2 rings (SSSR count). The minimum atomic E-state index is -0.865. The van der Waals surface area contributed by atoms with Crippen molar-refractivity contribution in [1.29, 1.82) is 0 Å². The van der Waals surface area contributed by atoms with E-state index in [4.69, 9.17) is 5.73 Å². The number of primary amides is 1. The van der Waals surface area contributed by atoms with Crippen molar-refractivity contribution in [2.45, 2.75) is 24.3 Å². The number of thioether (sulfide) groups is 1. The Morgan fingerprint density at radius 2 is 1.95 bits per heavy atom. The van der Waals surface area contributed by atoms with Gasteiger partial charge in [-0.05, 0) is 5.92 Å². The number of hydrogen-bond acceptors (Lipinski definition) is 5. The molecular formula is C14H17N5O2S. The first-order valence-electron chi connectivity index (χ1n) is 6.72. The Morgan fingerprint density at radius 1 is 1.27 bits per heavy atom. The van der Waals surface area contributed by atoms with Crippen molar-refractivity contribution in [2.75, 3.05) is 0 Å². The van der Waals surface area contributed by atoms with Gasteiger partial charge in [-0.2, -0.15) is 0 Å².